The highest BCUT2D eigenvalue weighted by Gasteiger charge is 2.37. The van der Waals surface area contributed by atoms with Crippen molar-refractivity contribution in [3.05, 3.63) is 95.2 Å². The highest BCUT2D eigenvalue weighted by atomic mass is 19.4. The second-order valence-corrected chi connectivity index (χ2v) is 10.8. The highest BCUT2D eigenvalue weighted by molar-refractivity contribution is 6.00. The summed E-state index contributed by atoms with van der Waals surface area (Å²) in [5.41, 5.74) is 0.781. The largest absolute Gasteiger partial charge is 0.416 e. The molecule has 3 aromatic carbocycles. The van der Waals surface area contributed by atoms with E-state index in [2.05, 4.69) is 30.7 Å². The van der Waals surface area contributed by atoms with Crippen LogP contribution in [0.5, 0.6) is 0 Å². The third-order valence-corrected chi connectivity index (χ3v) is 7.27. The molecule has 2 heterocycles. The number of anilines is 5. The molecule has 4 aromatic rings. The molecule has 8 nitrogen and oxygen atoms in total. The number of nitrogens with zero attached hydrogens (tertiary/aromatic N) is 4. The van der Waals surface area contributed by atoms with Crippen LogP contribution in [0.4, 0.5) is 71.1 Å². The van der Waals surface area contributed by atoms with Crippen LogP contribution < -0.4 is 20.9 Å². The topological polar surface area (TPSA) is 94.0 Å². The highest BCUT2D eigenvalue weighted by Crippen LogP contribution is 2.38. The summed E-state index contributed by atoms with van der Waals surface area (Å²) in [7, 11) is 0. The number of aromatic nitrogens is 1. The lowest BCUT2D eigenvalue weighted by molar-refractivity contribution is -0.143. The van der Waals surface area contributed by atoms with E-state index in [1.54, 1.807) is 19.2 Å². The van der Waals surface area contributed by atoms with Gasteiger partial charge in [-0.25, -0.2) is 9.78 Å². The number of hydrogen-bond acceptors (Lipinski definition) is 6. The summed E-state index contributed by atoms with van der Waals surface area (Å²) < 4.78 is 79.1. The van der Waals surface area contributed by atoms with Crippen molar-refractivity contribution in [3.8, 4) is 0 Å². The number of carbonyl (C=O) groups is 1. The predicted molar refractivity (Wildman–Crippen MR) is 165 cm³/mol. The predicted octanol–water partition coefficient (Wildman–Crippen LogP) is 10.1. The Hall–Kier alpha value is -5.14. The van der Waals surface area contributed by atoms with Crippen LogP contribution in [0.3, 0.4) is 0 Å². The van der Waals surface area contributed by atoms with E-state index < -0.39 is 35.2 Å². The van der Waals surface area contributed by atoms with Crippen molar-refractivity contribution in [2.75, 3.05) is 33.9 Å². The number of halogens is 6. The van der Waals surface area contributed by atoms with Crippen LogP contribution in [0.1, 0.15) is 35.1 Å². The number of amides is 2. The summed E-state index contributed by atoms with van der Waals surface area (Å²) >= 11 is 0. The van der Waals surface area contributed by atoms with E-state index >= 15 is 0 Å². The first-order valence-corrected chi connectivity index (χ1v) is 14.2. The van der Waals surface area contributed by atoms with Crippen molar-refractivity contribution in [2.45, 2.75) is 39.0 Å². The maximum absolute atomic E-state index is 13.2. The molecule has 3 N–H and O–H groups in total. The number of rotatable bonds is 7. The molecule has 46 heavy (non-hydrogen) atoms. The Bertz CT molecular complexity index is 1730. The van der Waals surface area contributed by atoms with Crippen molar-refractivity contribution >= 4 is 46.0 Å². The quantitative estimate of drug-likeness (QED) is 0.138. The van der Waals surface area contributed by atoms with Gasteiger partial charge in [-0.2, -0.15) is 36.6 Å². The fraction of sp³-hybridized carbons (Fsp3) is 0.250. The van der Waals surface area contributed by atoms with Gasteiger partial charge < -0.3 is 20.9 Å². The molecule has 5 rings (SSSR count). The zero-order chi connectivity index (χ0) is 33.1. The van der Waals surface area contributed by atoms with Gasteiger partial charge in [0.1, 0.15) is 5.82 Å². The van der Waals surface area contributed by atoms with E-state index in [-0.39, 0.29) is 11.8 Å². The molecule has 1 aromatic heterocycles. The third-order valence-electron chi connectivity index (χ3n) is 7.27. The lowest BCUT2D eigenvalue weighted by Crippen LogP contribution is -2.20. The minimum absolute atomic E-state index is 0.0162. The zero-order valence-electron chi connectivity index (χ0n) is 24.7. The van der Waals surface area contributed by atoms with E-state index in [1.807, 2.05) is 42.6 Å². The molecule has 0 aliphatic carbocycles. The van der Waals surface area contributed by atoms with Crippen LogP contribution in [0.15, 0.2) is 83.2 Å². The molecular formula is C32H29F6N7O. The zero-order valence-corrected chi connectivity index (χ0v) is 24.7. The van der Waals surface area contributed by atoms with Gasteiger partial charge in [0.25, 0.3) is 0 Å². The smallest absolute Gasteiger partial charge is 0.371 e. The SMILES string of the molecule is Cc1ccc(NC(=O)Nc2cc(C(F)(F)F)cc(C(F)(F)F)c2)cc1N=Nc1cc(Nc2cc(N3CCCC3)ccn2)ccc1C. The van der Waals surface area contributed by atoms with Crippen molar-refractivity contribution in [2.24, 2.45) is 10.2 Å². The Morgan fingerprint density at radius 1 is 0.717 bits per heavy atom. The van der Waals surface area contributed by atoms with E-state index in [9.17, 15) is 31.1 Å². The molecule has 240 valence electrons. The van der Waals surface area contributed by atoms with Gasteiger partial charge in [0, 0.05) is 48.1 Å². The Balaban J connectivity index is 1.29. The average molecular weight is 642 g/mol. The third kappa shape index (κ3) is 8.11. The molecule has 1 aliphatic heterocycles. The fourth-order valence-corrected chi connectivity index (χ4v) is 4.83. The minimum atomic E-state index is -5.05. The summed E-state index contributed by atoms with van der Waals surface area (Å²) in [6, 6.07) is 14.0. The summed E-state index contributed by atoms with van der Waals surface area (Å²) in [5, 5.41) is 16.5. The van der Waals surface area contributed by atoms with Gasteiger partial charge in [0.15, 0.2) is 0 Å². The van der Waals surface area contributed by atoms with Gasteiger partial charge in [-0.05, 0) is 86.3 Å². The first-order valence-electron chi connectivity index (χ1n) is 14.2. The van der Waals surface area contributed by atoms with Gasteiger partial charge in [-0.15, -0.1) is 0 Å². The summed E-state index contributed by atoms with van der Waals surface area (Å²) in [4.78, 5) is 19.3. The molecule has 0 unspecified atom stereocenters. The van der Waals surface area contributed by atoms with Crippen LogP contribution in [0, 0.1) is 13.8 Å². The van der Waals surface area contributed by atoms with Crippen LogP contribution >= 0.6 is 0 Å². The van der Waals surface area contributed by atoms with Gasteiger partial charge in [0.05, 0.1) is 22.5 Å². The van der Waals surface area contributed by atoms with E-state index in [0.717, 1.165) is 42.9 Å². The number of azo groups is 1. The molecule has 14 heteroatoms. The molecule has 0 saturated carbocycles. The number of urea groups is 1. The van der Waals surface area contributed by atoms with E-state index in [1.165, 1.54) is 12.1 Å². The fourth-order valence-electron chi connectivity index (χ4n) is 4.83. The summed E-state index contributed by atoms with van der Waals surface area (Å²) in [6.45, 7) is 5.66. The van der Waals surface area contributed by atoms with Gasteiger partial charge >= 0.3 is 18.4 Å². The van der Waals surface area contributed by atoms with Crippen LogP contribution in [-0.4, -0.2) is 24.1 Å². The maximum atomic E-state index is 13.2. The maximum Gasteiger partial charge on any atom is 0.416 e. The lowest BCUT2D eigenvalue weighted by atomic mass is 10.1. The van der Waals surface area contributed by atoms with Crippen molar-refractivity contribution < 1.29 is 31.1 Å². The summed E-state index contributed by atoms with van der Waals surface area (Å²) in [5.74, 6) is 0.684. The van der Waals surface area contributed by atoms with Gasteiger partial charge in [0.2, 0.25) is 0 Å². The lowest BCUT2D eigenvalue weighted by Gasteiger charge is -2.18. The standard InChI is InChI=1S/C32H29F6N7O/c1-19-5-7-23(40-29-18-26(9-10-39-29)45-11-3-4-12-45)16-27(19)43-44-28-17-24(8-6-20(28)2)41-30(46)42-25-14-21(31(33,34)35)13-22(15-25)32(36,37)38/h5-10,13-18H,3-4,11-12H2,1-2H3,(H,39,40)(H2,41,42,46). The Labute approximate surface area is 260 Å². The number of pyridine rings is 1. The average Bonchev–Trinajstić information content (AvgIpc) is 3.53. The monoisotopic (exact) mass is 641 g/mol. The molecule has 2 amide bonds. The molecular weight excluding hydrogens is 612 g/mol. The molecule has 0 spiro atoms. The number of alkyl halides is 6. The number of aryl methyl sites for hydroxylation is 2. The van der Waals surface area contributed by atoms with Gasteiger partial charge in [-0.1, -0.05) is 12.1 Å². The Kier molecular flexibility index (Phi) is 9.17. The number of nitrogens with one attached hydrogen (secondary N) is 3. The molecule has 0 bridgehead atoms. The van der Waals surface area contributed by atoms with Crippen molar-refractivity contribution in [1.82, 2.24) is 4.98 Å². The number of carbonyl (C=O) groups excluding carboxylic acids is 1. The Morgan fingerprint density at radius 3 is 1.85 bits per heavy atom. The molecule has 1 aliphatic rings. The van der Waals surface area contributed by atoms with Crippen molar-refractivity contribution in [3.63, 3.8) is 0 Å². The van der Waals surface area contributed by atoms with E-state index in [0.29, 0.717) is 34.9 Å². The van der Waals surface area contributed by atoms with Crippen LogP contribution in [0.2, 0.25) is 0 Å². The normalized spacial score (nSPS) is 13.7. The molecule has 1 saturated heterocycles. The second-order valence-electron chi connectivity index (χ2n) is 10.8. The Morgan fingerprint density at radius 2 is 1.26 bits per heavy atom. The first kappa shape index (κ1) is 32.3. The minimum Gasteiger partial charge on any atom is -0.371 e. The molecule has 0 atom stereocenters. The first-order chi connectivity index (χ1) is 21.7. The molecule has 0 radical (unpaired) electrons. The second kappa shape index (κ2) is 13.1. The van der Waals surface area contributed by atoms with Crippen LogP contribution in [-0.2, 0) is 12.4 Å². The van der Waals surface area contributed by atoms with Crippen molar-refractivity contribution in [1.29, 1.82) is 0 Å². The van der Waals surface area contributed by atoms with Gasteiger partial charge in [-0.3, -0.25) is 0 Å². The number of benzene rings is 3. The summed E-state index contributed by atoms with van der Waals surface area (Å²) in [6.07, 6.45) is -6.01. The number of hydrogen-bond donors (Lipinski definition) is 3. The molecule has 1 fully saturated rings. The van der Waals surface area contributed by atoms with Crippen LogP contribution in [0.25, 0.3) is 0 Å². The van der Waals surface area contributed by atoms with E-state index in [4.69, 9.17) is 0 Å².